The van der Waals surface area contributed by atoms with E-state index < -0.39 is 41.0 Å². The zero-order valence-electron chi connectivity index (χ0n) is 21.1. The van der Waals surface area contributed by atoms with E-state index in [0.29, 0.717) is 21.2 Å². The first-order valence-electron chi connectivity index (χ1n) is 11.2. The first-order valence-corrected chi connectivity index (χ1v) is 12.5. The third-order valence-corrected chi connectivity index (χ3v) is 6.40. The highest BCUT2D eigenvalue weighted by Crippen LogP contribution is 2.42. The lowest BCUT2D eigenvalue weighted by Crippen LogP contribution is -2.44. The van der Waals surface area contributed by atoms with E-state index >= 15 is 0 Å². The van der Waals surface area contributed by atoms with Crippen LogP contribution in [0.2, 0.25) is 5.02 Å². The molecule has 2 amide bonds. The maximum atomic E-state index is 13.2. The second-order valence-corrected chi connectivity index (χ2v) is 12.2. The smallest absolute Gasteiger partial charge is 0.424 e. The molecule has 0 spiro atoms. The number of nitrogens with zero attached hydrogens (tertiary/aromatic N) is 2. The molecule has 194 valence electrons. The molecule has 1 aliphatic heterocycles. The van der Waals surface area contributed by atoms with Crippen LogP contribution in [0.25, 0.3) is 11.1 Å². The molecular weight excluding hydrogens is 508 g/mol. The highest BCUT2D eigenvalue weighted by atomic mass is 35.5. The van der Waals surface area contributed by atoms with Gasteiger partial charge in [-0.15, -0.1) is 11.8 Å². The number of carboxylic acids is 1. The highest BCUT2D eigenvalue weighted by Gasteiger charge is 2.38. The van der Waals surface area contributed by atoms with Gasteiger partial charge in [-0.3, -0.25) is 9.36 Å². The summed E-state index contributed by atoms with van der Waals surface area (Å²) in [7, 11) is 0. The Balaban J connectivity index is 2.21. The number of hydrogen-bond acceptors (Lipinski definition) is 7. The largest absolute Gasteiger partial charge is 0.480 e. The van der Waals surface area contributed by atoms with Crippen molar-refractivity contribution < 1.29 is 29.0 Å². The summed E-state index contributed by atoms with van der Waals surface area (Å²) in [6.45, 7) is 11.7. The van der Waals surface area contributed by atoms with Crippen molar-refractivity contribution in [3.05, 3.63) is 45.7 Å². The van der Waals surface area contributed by atoms with Gasteiger partial charge in [0.1, 0.15) is 17.2 Å². The Bertz CT molecular complexity index is 1250. The van der Waals surface area contributed by atoms with Crippen molar-refractivity contribution in [1.29, 1.82) is 0 Å². The van der Waals surface area contributed by atoms with Crippen LogP contribution >= 0.6 is 23.4 Å². The van der Waals surface area contributed by atoms with Crippen molar-refractivity contribution in [1.82, 2.24) is 4.57 Å². The van der Waals surface area contributed by atoms with E-state index in [1.165, 1.54) is 40.6 Å². The Labute approximate surface area is 218 Å². The van der Waals surface area contributed by atoms with E-state index in [9.17, 15) is 24.3 Å². The number of hydrogen-bond donors (Lipinski definition) is 1. The lowest BCUT2D eigenvalue weighted by atomic mass is 10.0. The fourth-order valence-corrected chi connectivity index (χ4v) is 5.10. The standard InChI is InChI=1S/C25H29ClN2O7S/c1-13-20(21(30)31)28-18(29)10-14(11-19(28)36-13)16-12-15(26)8-9-17(16)27(22(32)34-24(2,3)4)23(33)35-25(5,6)7/h8-13,20H,1-7H3,(H,30,31)/t13?,20-/m0/s1. The van der Waals surface area contributed by atoms with E-state index in [0.717, 1.165) is 4.90 Å². The Morgan fingerprint density at radius 3 is 2.06 bits per heavy atom. The molecule has 3 rings (SSSR count). The number of carbonyl (C=O) groups is 3. The van der Waals surface area contributed by atoms with Gasteiger partial charge in [0.2, 0.25) is 0 Å². The Morgan fingerprint density at radius 1 is 1.00 bits per heavy atom. The van der Waals surface area contributed by atoms with Crippen LogP contribution < -0.4 is 10.5 Å². The molecule has 1 aromatic heterocycles. The molecular formula is C25H29ClN2O7S. The minimum absolute atomic E-state index is 0.0954. The van der Waals surface area contributed by atoms with E-state index in [4.69, 9.17) is 21.1 Å². The number of thioether (sulfide) groups is 1. The van der Waals surface area contributed by atoms with Gasteiger partial charge in [0.15, 0.2) is 0 Å². The molecule has 2 heterocycles. The summed E-state index contributed by atoms with van der Waals surface area (Å²) in [4.78, 5) is 52.0. The predicted octanol–water partition coefficient (Wildman–Crippen LogP) is 5.97. The fraction of sp³-hybridized carbons (Fsp3) is 0.440. The number of anilines is 1. The van der Waals surface area contributed by atoms with Crippen molar-refractivity contribution >= 4 is 47.2 Å². The van der Waals surface area contributed by atoms with Gasteiger partial charge in [-0.2, -0.15) is 4.90 Å². The number of fused-ring (bicyclic) bond motifs is 1. The minimum Gasteiger partial charge on any atom is -0.480 e. The molecule has 0 aliphatic carbocycles. The lowest BCUT2D eigenvalue weighted by molar-refractivity contribution is -0.140. The average molecular weight is 537 g/mol. The van der Waals surface area contributed by atoms with Gasteiger partial charge in [0.25, 0.3) is 5.56 Å². The maximum Gasteiger partial charge on any atom is 0.424 e. The van der Waals surface area contributed by atoms with Crippen molar-refractivity contribution in [2.24, 2.45) is 0 Å². The number of rotatable bonds is 3. The maximum absolute atomic E-state index is 13.2. The highest BCUT2D eigenvalue weighted by molar-refractivity contribution is 8.00. The van der Waals surface area contributed by atoms with E-state index in [-0.39, 0.29) is 10.9 Å². The summed E-state index contributed by atoms with van der Waals surface area (Å²) in [6.07, 6.45) is -1.93. The molecule has 2 aromatic rings. The van der Waals surface area contributed by atoms with Gasteiger partial charge in [0.05, 0.1) is 10.7 Å². The molecule has 2 atom stereocenters. The van der Waals surface area contributed by atoms with Crippen LogP contribution in [-0.4, -0.2) is 44.3 Å². The van der Waals surface area contributed by atoms with Crippen LogP contribution in [-0.2, 0) is 14.3 Å². The molecule has 9 nitrogen and oxygen atoms in total. The second kappa shape index (κ2) is 9.82. The topological polar surface area (TPSA) is 115 Å². The monoisotopic (exact) mass is 536 g/mol. The second-order valence-electron chi connectivity index (χ2n) is 10.4. The number of halogens is 1. The third-order valence-electron chi connectivity index (χ3n) is 4.98. The number of benzene rings is 1. The number of aliphatic carboxylic acids is 1. The van der Waals surface area contributed by atoms with E-state index in [1.54, 1.807) is 54.5 Å². The molecule has 1 unspecified atom stereocenters. The molecule has 1 N–H and O–H groups in total. The van der Waals surface area contributed by atoms with Gasteiger partial charge in [-0.05, 0) is 71.4 Å². The minimum atomic E-state index is -1.10. The van der Waals surface area contributed by atoms with Gasteiger partial charge in [0, 0.05) is 21.9 Å². The molecule has 0 saturated heterocycles. The molecule has 1 aromatic carbocycles. The lowest BCUT2D eigenvalue weighted by Gasteiger charge is -2.29. The molecule has 0 bridgehead atoms. The van der Waals surface area contributed by atoms with Crippen LogP contribution in [0.1, 0.15) is 54.5 Å². The zero-order valence-corrected chi connectivity index (χ0v) is 22.7. The average Bonchev–Trinajstić information content (AvgIpc) is 3.03. The molecule has 1 aliphatic rings. The quantitative estimate of drug-likeness (QED) is 0.510. The van der Waals surface area contributed by atoms with E-state index in [2.05, 4.69) is 0 Å². The summed E-state index contributed by atoms with van der Waals surface area (Å²) in [5, 5.41) is 9.98. The van der Waals surface area contributed by atoms with Crippen LogP contribution in [0.3, 0.4) is 0 Å². The van der Waals surface area contributed by atoms with Crippen molar-refractivity contribution in [2.75, 3.05) is 4.90 Å². The van der Waals surface area contributed by atoms with Crippen LogP contribution in [0.5, 0.6) is 0 Å². The fourth-order valence-electron chi connectivity index (χ4n) is 3.67. The predicted molar refractivity (Wildman–Crippen MR) is 138 cm³/mol. The van der Waals surface area contributed by atoms with Gasteiger partial charge < -0.3 is 14.6 Å². The molecule has 36 heavy (non-hydrogen) atoms. The summed E-state index contributed by atoms with van der Waals surface area (Å²) in [6, 6.07) is 6.37. The number of aromatic nitrogens is 1. The SMILES string of the molecule is CC1Sc2cc(-c3cc(Cl)ccc3N(C(=O)OC(C)(C)C)C(=O)OC(C)(C)C)cc(=O)n2[C@@H]1C(=O)O. The normalized spacial score (nSPS) is 17.3. The molecule has 0 fully saturated rings. The third kappa shape index (κ3) is 6.04. The zero-order chi connectivity index (χ0) is 27.2. The number of amides is 2. The summed E-state index contributed by atoms with van der Waals surface area (Å²) in [5.41, 5.74) is -1.60. The Kier molecular flexibility index (Phi) is 7.53. The van der Waals surface area contributed by atoms with Crippen molar-refractivity contribution in [2.45, 2.75) is 76.0 Å². The summed E-state index contributed by atoms with van der Waals surface area (Å²) in [5.74, 6) is -1.10. The van der Waals surface area contributed by atoms with Gasteiger partial charge in [-0.1, -0.05) is 18.5 Å². The summed E-state index contributed by atoms with van der Waals surface area (Å²) < 4.78 is 12.2. The molecule has 0 saturated carbocycles. The van der Waals surface area contributed by atoms with Crippen molar-refractivity contribution in [3.63, 3.8) is 0 Å². The molecule has 0 radical (unpaired) electrons. The number of carboxylic acid groups (broad SMARTS) is 1. The first kappa shape index (κ1) is 27.6. The van der Waals surface area contributed by atoms with Gasteiger partial charge >= 0.3 is 18.2 Å². The van der Waals surface area contributed by atoms with Crippen LogP contribution in [0.4, 0.5) is 15.3 Å². The number of pyridine rings is 1. The van der Waals surface area contributed by atoms with E-state index in [1.807, 2.05) is 0 Å². The number of ether oxygens (including phenoxy) is 2. The first-order chi connectivity index (χ1) is 16.5. The number of carbonyl (C=O) groups excluding carboxylic acids is 2. The van der Waals surface area contributed by atoms with Crippen LogP contribution in [0, 0.1) is 0 Å². The number of imide groups is 1. The van der Waals surface area contributed by atoms with Crippen LogP contribution in [0.15, 0.2) is 40.2 Å². The Morgan fingerprint density at radius 2 is 1.56 bits per heavy atom. The van der Waals surface area contributed by atoms with Crippen molar-refractivity contribution in [3.8, 4) is 11.1 Å². The summed E-state index contributed by atoms with van der Waals surface area (Å²) >= 11 is 7.52. The van der Waals surface area contributed by atoms with Gasteiger partial charge in [-0.25, -0.2) is 14.4 Å². The Hall–Kier alpha value is -2.98. The molecule has 11 heteroatoms.